The van der Waals surface area contributed by atoms with Crippen LogP contribution in [-0.4, -0.2) is 23.1 Å². The van der Waals surface area contributed by atoms with Crippen LogP contribution >= 0.6 is 15.9 Å². The number of hydrogen-bond donors (Lipinski definition) is 0. The van der Waals surface area contributed by atoms with E-state index in [1.165, 1.54) is 0 Å². The number of aromatic nitrogens is 1. The van der Waals surface area contributed by atoms with Crippen molar-refractivity contribution < 1.29 is 9.47 Å². The number of benzene rings is 1. The van der Waals surface area contributed by atoms with Crippen molar-refractivity contribution in [3.8, 4) is 0 Å². The van der Waals surface area contributed by atoms with E-state index in [9.17, 15) is 4.79 Å². The number of hydrogen-bond acceptors (Lipinski definition) is 3. The molecule has 5 heteroatoms. The maximum atomic E-state index is 11.9. The number of ether oxygens (including phenoxy) is 2. The topological polar surface area (TPSA) is 40.5 Å². The molecular formula is C15H16BrNO3. The van der Waals surface area contributed by atoms with E-state index < -0.39 is 5.79 Å². The van der Waals surface area contributed by atoms with Crippen molar-refractivity contribution in [1.29, 1.82) is 0 Å². The highest BCUT2D eigenvalue weighted by Crippen LogP contribution is 2.24. The summed E-state index contributed by atoms with van der Waals surface area (Å²) < 4.78 is 14.4. The molecule has 0 saturated carbocycles. The van der Waals surface area contributed by atoms with Gasteiger partial charge in [0.15, 0.2) is 11.2 Å². The van der Waals surface area contributed by atoms with Gasteiger partial charge in [-0.3, -0.25) is 4.79 Å². The molecule has 1 aromatic heterocycles. The van der Waals surface area contributed by atoms with Crippen molar-refractivity contribution in [3.63, 3.8) is 0 Å². The molecule has 2 aromatic rings. The molecule has 0 aliphatic carbocycles. The average molecular weight is 338 g/mol. The van der Waals surface area contributed by atoms with Crippen LogP contribution in [0.2, 0.25) is 0 Å². The molecule has 106 valence electrons. The molecule has 0 spiro atoms. The van der Waals surface area contributed by atoms with Gasteiger partial charge in [-0.05, 0) is 32.0 Å². The van der Waals surface area contributed by atoms with Crippen LogP contribution in [0.15, 0.2) is 39.7 Å². The first kappa shape index (κ1) is 13.8. The fourth-order valence-corrected chi connectivity index (χ4v) is 2.86. The predicted molar refractivity (Wildman–Crippen MR) is 80.8 cm³/mol. The first-order valence-corrected chi connectivity index (χ1v) is 7.34. The van der Waals surface area contributed by atoms with Crippen LogP contribution in [0.5, 0.6) is 0 Å². The van der Waals surface area contributed by atoms with Crippen LogP contribution in [-0.2, 0) is 16.0 Å². The summed E-state index contributed by atoms with van der Waals surface area (Å²) >= 11 is 3.45. The Hall–Kier alpha value is -1.17. The highest BCUT2D eigenvalue weighted by Gasteiger charge is 2.32. The van der Waals surface area contributed by atoms with E-state index in [0.717, 1.165) is 9.99 Å². The lowest BCUT2D eigenvalue weighted by Crippen LogP contribution is -2.24. The number of halogens is 1. The van der Waals surface area contributed by atoms with Gasteiger partial charge in [0.2, 0.25) is 0 Å². The Morgan fingerprint density at radius 1 is 1.40 bits per heavy atom. The third kappa shape index (κ3) is 2.66. The summed E-state index contributed by atoms with van der Waals surface area (Å²) in [5.41, 5.74) is 0.938. The van der Waals surface area contributed by atoms with E-state index >= 15 is 0 Å². The van der Waals surface area contributed by atoms with E-state index in [1.54, 1.807) is 6.07 Å². The third-order valence-electron chi connectivity index (χ3n) is 3.41. The van der Waals surface area contributed by atoms with Gasteiger partial charge in [0, 0.05) is 22.1 Å². The second-order valence-electron chi connectivity index (χ2n) is 5.44. The van der Waals surface area contributed by atoms with Gasteiger partial charge in [0.1, 0.15) is 6.10 Å². The van der Waals surface area contributed by atoms with Crippen molar-refractivity contribution in [2.24, 2.45) is 0 Å². The van der Waals surface area contributed by atoms with E-state index in [1.807, 2.05) is 42.8 Å². The van der Waals surface area contributed by atoms with E-state index in [4.69, 9.17) is 9.47 Å². The molecule has 2 heterocycles. The number of nitrogens with zero attached hydrogens (tertiary/aromatic N) is 1. The fraction of sp³-hybridized carbons (Fsp3) is 0.400. The summed E-state index contributed by atoms with van der Waals surface area (Å²) in [6.45, 7) is 5.05. The monoisotopic (exact) mass is 337 g/mol. The molecule has 20 heavy (non-hydrogen) atoms. The van der Waals surface area contributed by atoms with Gasteiger partial charge in [-0.2, -0.15) is 0 Å². The van der Waals surface area contributed by atoms with Crippen molar-refractivity contribution in [3.05, 3.63) is 45.2 Å². The minimum Gasteiger partial charge on any atom is -0.348 e. The predicted octanol–water partition coefficient (Wildman–Crippen LogP) is 2.92. The van der Waals surface area contributed by atoms with E-state index in [-0.39, 0.29) is 11.5 Å². The zero-order valence-corrected chi connectivity index (χ0v) is 13.0. The van der Waals surface area contributed by atoms with Gasteiger partial charge in [0.05, 0.1) is 18.7 Å². The Labute approximate surface area is 125 Å². The van der Waals surface area contributed by atoms with Crippen LogP contribution in [0.1, 0.15) is 13.8 Å². The van der Waals surface area contributed by atoms with Crippen molar-refractivity contribution in [2.45, 2.75) is 32.3 Å². The molecule has 1 aromatic carbocycles. The molecule has 1 aliphatic rings. The highest BCUT2D eigenvalue weighted by atomic mass is 79.9. The molecule has 1 aliphatic heterocycles. The first-order chi connectivity index (χ1) is 9.44. The summed E-state index contributed by atoms with van der Waals surface area (Å²) in [6, 6.07) is 7.27. The quantitative estimate of drug-likeness (QED) is 0.845. The van der Waals surface area contributed by atoms with E-state index in [0.29, 0.717) is 18.5 Å². The zero-order chi connectivity index (χ0) is 14.3. The lowest BCUT2D eigenvalue weighted by Gasteiger charge is -2.18. The first-order valence-electron chi connectivity index (χ1n) is 6.55. The number of pyridine rings is 1. The van der Waals surface area contributed by atoms with Crippen LogP contribution in [0.25, 0.3) is 10.9 Å². The second-order valence-corrected chi connectivity index (χ2v) is 6.36. The van der Waals surface area contributed by atoms with Crippen LogP contribution < -0.4 is 5.43 Å². The van der Waals surface area contributed by atoms with Gasteiger partial charge >= 0.3 is 0 Å². The van der Waals surface area contributed by atoms with Crippen LogP contribution in [0.3, 0.4) is 0 Å². The fourth-order valence-electron chi connectivity index (χ4n) is 2.51. The van der Waals surface area contributed by atoms with Gasteiger partial charge in [-0.1, -0.05) is 15.9 Å². The van der Waals surface area contributed by atoms with Crippen molar-refractivity contribution in [2.75, 3.05) is 6.61 Å². The molecule has 0 bridgehead atoms. The molecule has 0 amide bonds. The number of fused-ring (bicyclic) bond motifs is 1. The molecule has 0 radical (unpaired) electrons. The smallest absolute Gasteiger partial charge is 0.189 e. The largest absolute Gasteiger partial charge is 0.348 e. The summed E-state index contributed by atoms with van der Waals surface area (Å²) in [7, 11) is 0. The molecule has 1 saturated heterocycles. The SMILES string of the molecule is CC1(C)OCC(Cn2ccc(=O)c3ccc(Br)cc32)O1. The highest BCUT2D eigenvalue weighted by molar-refractivity contribution is 9.10. The van der Waals surface area contributed by atoms with Gasteiger partial charge in [-0.25, -0.2) is 0 Å². The maximum Gasteiger partial charge on any atom is 0.189 e. The Kier molecular flexibility index (Phi) is 3.44. The molecule has 1 fully saturated rings. The van der Waals surface area contributed by atoms with Crippen molar-refractivity contribution >= 4 is 26.8 Å². The summed E-state index contributed by atoms with van der Waals surface area (Å²) in [5, 5.41) is 0.717. The normalized spacial score (nSPS) is 21.4. The maximum absolute atomic E-state index is 11.9. The standard InChI is InChI=1S/C15H16BrNO3/c1-15(2)19-9-11(20-15)8-17-6-5-14(18)12-4-3-10(16)7-13(12)17/h3-7,11H,8-9H2,1-2H3. The summed E-state index contributed by atoms with van der Waals surface area (Å²) in [6.07, 6.45) is 1.81. The average Bonchev–Trinajstić information content (AvgIpc) is 2.72. The minimum absolute atomic E-state index is 0.00492. The molecule has 4 nitrogen and oxygen atoms in total. The lowest BCUT2D eigenvalue weighted by atomic mass is 10.2. The Morgan fingerprint density at radius 3 is 2.90 bits per heavy atom. The molecular weight excluding hydrogens is 322 g/mol. The molecule has 3 rings (SSSR count). The molecule has 0 N–H and O–H groups in total. The summed E-state index contributed by atoms with van der Waals surface area (Å²) in [5.74, 6) is -0.528. The second kappa shape index (κ2) is 4.98. The lowest BCUT2D eigenvalue weighted by molar-refractivity contribution is -0.139. The Bertz CT molecular complexity index is 708. The van der Waals surface area contributed by atoms with Crippen LogP contribution in [0.4, 0.5) is 0 Å². The number of rotatable bonds is 2. The van der Waals surface area contributed by atoms with E-state index in [2.05, 4.69) is 15.9 Å². The Morgan fingerprint density at radius 2 is 2.20 bits per heavy atom. The van der Waals surface area contributed by atoms with Crippen LogP contribution in [0, 0.1) is 0 Å². The molecule has 1 unspecified atom stereocenters. The summed E-state index contributed by atoms with van der Waals surface area (Å²) in [4.78, 5) is 11.9. The van der Waals surface area contributed by atoms with Gasteiger partial charge in [0.25, 0.3) is 0 Å². The zero-order valence-electron chi connectivity index (χ0n) is 11.4. The van der Waals surface area contributed by atoms with Gasteiger partial charge < -0.3 is 14.0 Å². The van der Waals surface area contributed by atoms with Gasteiger partial charge in [-0.15, -0.1) is 0 Å². The van der Waals surface area contributed by atoms with Crippen molar-refractivity contribution in [1.82, 2.24) is 4.57 Å². The molecule has 1 atom stereocenters. The minimum atomic E-state index is -0.528. The Balaban J connectivity index is 1.98. The third-order valence-corrected chi connectivity index (χ3v) is 3.90.